The Bertz CT molecular complexity index is 716. The molecule has 90 valence electrons. The Labute approximate surface area is 107 Å². The summed E-state index contributed by atoms with van der Waals surface area (Å²) in [5.74, 6) is -0.181. The van der Waals surface area contributed by atoms with Crippen LogP contribution in [0, 0.1) is 6.92 Å². The van der Waals surface area contributed by atoms with Gasteiger partial charge >= 0.3 is 0 Å². The van der Waals surface area contributed by atoms with Gasteiger partial charge in [0.2, 0.25) is 0 Å². The molecular weight excluding hydrogens is 248 g/mol. The molecule has 1 amide bonds. The maximum atomic E-state index is 12.1. The molecule has 6 heteroatoms. The molecule has 2 heterocycles. The van der Waals surface area contributed by atoms with Crippen molar-refractivity contribution < 1.29 is 4.79 Å². The molecule has 0 aliphatic carbocycles. The van der Waals surface area contributed by atoms with Gasteiger partial charge in [-0.25, -0.2) is 4.98 Å². The van der Waals surface area contributed by atoms with Gasteiger partial charge in [-0.15, -0.1) is 11.3 Å². The minimum atomic E-state index is -0.181. The quantitative estimate of drug-likeness (QED) is 0.742. The number of carbonyl (C=O) groups is 1. The summed E-state index contributed by atoms with van der Waals surface area (Å²) in [7, 11) is 0. The van der Waals surface area contributed by atoms with E-state index in [1.165, 1.54) is 11.3 Å². The molecule has 3 rings (SSSR count). The van der Waals surface area contributed by atoms with E-state index < -0.39 is 0 Å². The maximum absolute atomic E-state index is 12.1. The zero-order chi connectivity index (χ0) is 12.5. The lowest BCUT2D eigenvalue weighted by molar-refractivity contribution is 0.102. The second kappa shape index (κ2) is 4.23. The van der Waals surface area contributed by atoms with Crippen LogP contribution in [0.4, 0.5) is 5.13 Å². The predicted octanol–water partition coefficient (Wildman–Crippen LogP) is 2.58. The number of amides is 1. The molecule has 0 saturated carbocycles. The van der Waals surface area contributed by atoms with Crippen LogP contribution in [0.1, 0.15) is 15.2 Å². The highest BCUT2D eigenvalue weighted by Gasteiger charge is 2.12. The third-order valence-electron chi connectivity index (χ3n) is 2.56. The number of H-pyrrole nitrogens is 1. The number of rotatable bonds is 2. The number of thiazole rings is 1. The Morgan fingerprint density at radius 2 is 2.28 bits per heavy atom. The number of nitrogens with zero attached hydrogens (tertiary/aromatic N) is 2. The molecule has 2 aromatic heterocycles. The van der Waals surface area contributed by atoms with Crippen molar-refractivity contribution in [2.75, 3.05) is 5.32 Å². The topological polar surface area (TPSA) is 70.7 Å². The van der Waals surface area contributed by atoms with Crippen LogP contribution in [0.3, 0.4) is 0 Å². The van der Waals surface area contributed by atoms with E-state index >= 15 is 0 Å². The zero-order valence-electron chi connectivity index (χ0n) is 9.60. The van der Waals surface area contributed by atoms with Crippen molar-refractivity contribution in [3.05, 3.63) is 41.0 Å². The minimum Gasteiger partial charge on any atom is -0.298 e. The molecular formula is C12H10N4OS. The van der Waals surface area contributed by atoms with Gasteiger partial charge in [0, 0.05) is 16.5 Å². The summed E-state index contributed by atoms with van der Waals surface area (Å²) < 4.78 is 0. The Morgan fingerprint density at radius 1 is 1.39 bits per heavy atom. The molecule has 18 heavy (non-hydrogen) atoms. The molecule has 5 nitrogen and oxygen atoms in total. The summed E-state index contributed by atoms with van der Waals surface area (Å²) in [5.41, 5.74) is 1.31. The smallest absolute Gasteiger partial charge is 0.259 e. The molecule has 0 saturated heterocycles. The van der Waals surface area contributed by atoms with Crippen LogP contribution in [0.5, 0.6) is 0 Å². The molecule has 0 unspecified atom stereocenters. The predicted molar refractivity (Wildman–Crippen MR) is 70.9 cm³/mol. The summed E-state index contributed by atoms with van der Waals surface area (Å²) in [5, 5.41) is 11.1. The van der Waals surface area contributed by atoms with E-state index in [1.807, 2.05) is 19.1 Å². The van der Waals surface area contributed by atoms with Crippen LogP contribution in [-0.4, -0.2) is 21.1 Å². The lowest BCUT2D eigenvalue weighted by atomic mass is 10.1. The molecule has 3 aromatic rings. The lowest BCUT2D eigenvalue weighted by Gasteiger charge is -2.02. The molecule has 0 spiro atoms. The number of fused-ring (bicyclic) bond motifs is 1. The summed E-state index contributed by atoms with van der Waals surface area (Å²) in [6.07, 6.45) is 3.43. The molecule has 0 radical (unpaired) electrons. The van der Waals surface area contributed by atoms with Crippen LogP contribution in [0.15, 0.2) is 30.6 Å². The summed E-state index contributed by atoms with van der Waals surface area (Å²) in [6, 6.07) is 5.50. The van der Waals surface area contributed by atoms with Gasteiger partial charge in [-0.2, -0.15) is 5.10 Å². The number of nitrogens with one attached hydrogen (secondary N) is 2. The number of aromatic amines is 1. The monoisotopic (exact) mass is 258 g/mol. The standard InChI is InChI=1S/C12H10N4OS/c1-7-5-13-12(18-7)15-11(17)9-4-2-3-8-6-14-16-10(8)9/h2-6H,1H3,(H,14,16)(H,13,15,17). The Balaban J connectivity index is 1.94. The van der Waals surface area contributed by atoms with E-state index in [1.54, 1.807) is 18.5 Å². The third-order valence-corrected chi connectivity index (χ3v) is 3.39. The van der Waals surface area contributed by atoms with E-state index in [0.717, 1.165) is 15.8 Å². The molecule has 2 N–H and O–H groups in total. The SMILES string of the molecule is Cc1cnc(NC(=O)c2cccc3cn[nH]c23)s1. The highest BCUT2D eigenvalue weighted by molar-refractivity contribution is 7.15. The number of anilines is 1. The van der Waals surface area contributed by atoms with Crippen LogP contribution in [0.2, 0.25) is 0 Å². The van der Waals surface area contributed by atoms with Gasteiger partial charge in [0.25, 0.3) is 5.91 Å². The second-order valence-electron chi connectivity index (χ2n) is 3.87. The molecule has 0 bridgehead atoms. The highest BCUT2D eigenvalue weighted by atomic mass is 32.1. The fourth-order valence-corrected chi connectivity index (χ4v) is 2.39. The fraction of sp³-hybridized carbons (Fsp3) is 0.0833. The first kappa shape index (κ1) is 10.9. The first-order valence-corrected chi connectivity index (χ1v) is 6.21. The van der Waals surface area contributed by atoms with E-state index in [0.29, 0.717) is 10.7 Å². The number of carbonyl (C=O) groups excluding carboxylic acids is 1. The number of benzene rings is 1. The first-order chi connectivity index (χ1) is 8.74. The number of para-hydroxylation sites is 1. The number of aryl methyl sites for hydroxylation is 1. The minimum absolute atomic E-state index is 0.181. The zero-order valence-corrected chi connectivity index (χ0v) is 10.4. The van der Waals surface area contributed by atoms with Crippen molar-refractivity contribution >= 4 is 33.3 Å². The third kappa shape index (κ3) is 1.86. The van der Waals surface area contributed by atoms with Crippen molar-refractivity contribution in [1.29, 1.82) is 0 Å². The average molecular weight is 258 g/mol. The fourth-order valence-electron chi connectivity index (χ4n) is 1.74. The van der Waals surface area contributed by atoms with Gasteiger partial charge in [-0.1, -0.05) is 12.1 Å². The van der Waals surface area contributed by atoms with Crippen LogP contribution >= 0.6 is 11.3 Å². The van der Waals surface area contributed by atoms with Gasteiger partial charge in [0.1, 0.15) is 0 Å². The Morgan fingerprint density at radius 3 is 3.06 bits per heavy atom. The van der Waals surface area contributed by atoms with Gasteiger partial charge in [-0.05, 0) is 13.0 Å². The molecule has 0 atom stereocenters. The van der Waals surface area contributed by atoms with Crippen LogP contribution < -0.4 is 5.32 Å². The van der Waals surface area contributed by atoms with Crippen LogP contribution in [0.25, 0.3) is 10.9 Å². The van der Waals surface area contributed by atoms with E-state index in [9.17, 15) is 4.79 Å². The van der Waals surface area contributed by atoms with Gasteiger partial charge in [-0.3, -0.25) is 15.2 Å². The van der Waals surface area contributed by atoms with Crippen molar-refractivity contribution in [1.82, 2.24) is 15.2 Å². The second-order valence-corrected chi connectivity index (χ2v) is 5.10. The van der Waals surface area contributed by atoms with E-state index in [-0.39, 0.29) is 5.91 Å². The average Bonchev–Trinajstić information content (AvgIpc) is 2.97. The normalized spacial score (nSPS) is 10.7. The Kier molecular flexibility index (Phi) is 2.56. The maximum Gasteiger partial charge on any atom is 0.259 e. The molecule has 0 aliphatic rings. The van der Waals surface area contributed by atoms with Gasteiger partial charge < -0.3 is 0 Å². The summed E-state index contributed by atoms with van der Waals surface area (Å²) >= 11 is 1.45. The van der Waals surface area contributed by atoms with Crippen LogP contribution in [-0.2, 0) is 0 Å². The van der Waals surface area contributed by atoms with Crippen molar-refractivity contribution in [2.45, 2.75) is 6.92 Å². The summed E-state index contributed by atoms with van der Waals surface area (Å²) in [4.78, 5) is 17.3. The number of hydrogen-bond donors (Lipinski definition) is 2. The number of hydrogen-bond acceptors (Lipinski definition) is 4. The van der Waals surface area contributed by atoms with Crippen molar-refractivity contribution in [2.24, 2.45) is 0 Å². The summed E-state index contributed by atoms with van der Waals surface area (Å²) in [6.45, 7) is 1.95. The van der Waals surface area contributed by atoms with Gasteiger partial charge in [0.05, 0.1) is 17.3 Å². The lowest BCUT2D eigenvalue weighted by Crippen LogP contribution is -2.12. The van der Waals surface area contributed by atoms with E-state index in [2.05, 4.69) is 20.5 Å². The molecule has 0 aliphatic heterocycles. The Hall–Kier alpha value is -2.21. The highest BCUT2D eigenvalue weighted by Crippen LogP contribution is 2.20. The van der Waals surface area contributed by atoms with E-state index in [4.69, 9.17) is 0 Å². The van der Waals surface area contributed by atoms with Crippen molar-refractivity contribution in [3.63, 3.8) is 0 Å². The van der Waals surface area contributed by atoms with Gasteiger partial charge in [0.15, 0.2) is 5.13 Å². The number of aromatic nitrogens is 3. The molecule has 0 fully saturated rings. The molecule has 1 aromatic carbocycles. The van der Waals surface area contributed by atoms with Crippen molar-refractivity contribution in [3.8, 4) is 0 Å². The largest absolute Gasteiger partial charge is 0.298 e. The first-order valence-electron chi connectivity index (χ1n) is 5.40.